The molecule has 0 aromatic heterocycles. The van der Waals surface area contributed by atoms with Crippen molar-refractivity contribution in [1.82, 2.24) is 0 Å². The number of rotatable bonds is 6. The number of carbonyl (C=O) groups excluding carboxylic acids is 1. The number of fused-ring (bicyclic) bond motifs is 1. The van der Waals surface area contributed by atoms with Crippen molar-refractivity contribution in [2.75, 3.05) is 19.8 Å². The number of hydrogen-bond acceptors (Lipinski definition) is 10. The van der Waals surface area contributed by atoms with Gasteiger partial charge in [0.2, 0.25) is 0 Å². The van der Waals surface area contributed by atoms with Crippen molar-refractivity contribution in [3.05, 3.63) is 23.8 Å². The van der Waals surface area contributed by atoms with Crippen LogP contribution in [0.15, 0.2) is 23.8 Å². The lowest BCUT2D eigenvalue weighted by atomic mass is 9.46. The lowest BCUT2D eigenvalue weighted by Gasteiger charge is -2.60. The number of cyclic esters (lactones) is 1. The van der Waals surface area contributed by atoms with Gasteiger partial charge in [-0.25, -0.2) is 4.79 Å². The number of esters is 1. The predicted molar refractivity (Wildman–Crippen MR) is 126 cm³/mol. The molecule has 4 rings (SSSR count). The Bertz CT molecular complexity index is 873. The van der Waals surface area contributed by atoms with Gasteiger partial charge in [-0.2, -0.15) is 0 Å². The SMILES string of the molecule is C=C1CC[C@@H]2[C@](C)(CO[C@@H]3O[C@H](CO)[C@@H](O)[C@H](O)[C@H]3O)[C@H](O)CC[C@@]2(C)[C@@H]1C/C=C1\C(=O)OC[C@@H]1O. The smallest absolute Gasteiger partial charge is 0.336 e. The normalized spacial score (nSPS) is 48.7. The molecule has 2 saturated carbocycles. The molecule has 4 fully saturated rings. The highest BCUT2D eigenvalue weighted by Gasteiger charge is 2.58. The summed E-state index contributed by atoms with van der Waals surface area (Å²) >= 11 is 0. The van der Waals surface area contributed by atoms with Gasteiger partial charge in [-0.1, -0.05) is 32.1 Å². The minimum atomic E-state index is -1.54. The summed E-state index contributed by atoms with van der Waals surface area (Å²) < 4.78 is 16.4. The zero-order chi connectivity index (χ0) is 26.4. The first-order valence-corrected chi connectivity index (χ1v) is 12.8. The molecule has 4 aliphatic rings. The quantitative estimate of drug-likeness (QED) is 0.159. The van der Waals surface area contributed by atoms with Crippen LogP contribution in [-0.2, 0) is 19.0 Å². The van der Waals surface area contributed by atoms with Crippen LogP contribution < -0.4 is 0 Å². The monoisotopic (exact) mass is 512 g/mol. The van der Waals surface area contributed by atoms with E-state index < -0.39 is 60.9 Å². The van der Waals surface area contributed by atoms with E-state index >= 15 is 0 Å². The Balaban J connectivity index is 1.54. The number of hydrogen-bond donors (Lipinski definition) is 6. The number of allylic oxidation sites excluding steroid dienone is 2. The molecule has 0 radical (unpaired) electrons. The van der Waals surface area contributed by atoms with E-state index in [0.717, 1.165) is 24.8 Å². The fraction of sp³-hybridized carbons (Fsp3) is 0.808. The first-order valence-electron chi connectivity index (χ1n) is 12.8. The molecule has 6 N–H and O–H groups in total. The number of carbonyl (C=O) groups is 1. The van der Waals surface area contributed by atoms with Crippen LogP contribution in [0.4, 0.5) is 0 Å². The third kappa shape index (κ3) is 4.67. The molecule has 2 heterocycles. The molecule has 0 bridgehead atoms. The predicted octanol–water partition coefficient (Wildman–Crippen LogP) is -0.213. The Morgan fingerprint density at radius 2 is 1.83 bits per heavy atom. The van der Waals surface area contributed by atoms with E-state index in [9.17, 15) is 35.4 Å². The first kappa shape index (κ1) is 27.7. The minimum absolute atomic E-state index is 0.00740. The lowest BCUT2D eigenvalue weighted by Crippen LogP contribution is -2.61. The van der Waals surface area contributed by atoms with Crippen molar-refractivity contribution in [2.24, 2.45) is 22.7 Å². The van der Waals surface area contributed by atoms with Gasteiger partial charge in [-0.3, -0.25) is 0 Å². The summed E-state index contributed by atoms with van der Waals surface area (Å²) in [6.07, 6.45) is -3.42. The van der Waals surface area contributed by atoms with Crippen LogP contribution in [0.5, 0.6) is 0 Å². The summed E-state index contributed by atoms with van der Waals surface area (Å²) in [5.41, 5.74) is 0.356. The summed E-state index contributed by atoms with van der Waals surface area (Å²) in [6, 6.07) is 0. The van der Waals surface area contributed by atoms with Crippen molar-refractivity contribution in [1.29, 1.82) is 0 Å². The minimum Gasteiger partial charge on any atom is -0.459 e. The van der Waals surface area contributed by atoms with E-state index in [1.54, 1.807) is 6.08 Å². The van der Waals surface area contributed by atoms with Crippen molar-refractivity contribution in [3.8, 4) is 0 Å². The Morgan fingerprint density at radius 1 is 1.11 bits per heavy atom. The molecule has 204 valence electrons. The molecule has 2 aliphatic carbocycles. The molecule has 0 aromatic carbocycles. The fourth-order valence-electron chi connectivity index (χ4n) is 7.01. The molecule has 10 heteroatoms. The first-order chi connectivity index (χ1) is 16.9. The zero-order valence-corrected chi connectivity index (χ0v) is 21.0. The highest BCUT2D eigenvalue weighted by Crippen LogP contribution is 2.62. The Hall–Kier alpha value is -1.37. The van der Waals surface area contributed by atoms with Crippen LogP contribution in [0.3, 0.4) is 0 Å². The molecule has 0 unspecified atom stereocenters. The summed E-state index contributed by atoms with van der Waals surface area (Å²) in [5, 5.41) is 61.3. The van der Waals surface area contributed by atoms with Gasteiger partial charge >= 0.3 is 5.97 Å². The second-order valence-electron chi connectivity index (χ2n) is 11.4. The van der Waals surface area contributed by atoms with Gasteiger partial charge < -0.3 is 44.8 Å². The molecule has 2 saturated heterocycles. The third-order valence-electron chi connectivity index (χ3n) is 9.30. The van der Waals surface area contributed by atoms with Crippen LogP contribution in [0.2, 0.25) is 0 Å². The van der Waals surface area contributed by atoms with E-state index in [1.807, 2.05) is 6.92 Å². The highest BCUT2D eigenvalue weighted by atomic mass is 16.7. The van der Waals surface area contributed by atoms with E-state index in [2.05, 4.69) is 13.5 Å². The fourth-order valence-corrected chi connectivity index (χ4v) is 7.01. The van der Waals surface area contributed by atoms with Crippen molar-refractivity contribution < 1.29 is 49.6 Å². The second-order valence-corrected chi connectivity index (χ2v) is 11.4. The molecule has 0 spiro atoms. The van der Waals surface area contributed by atoms with Crippen LogP contribution in [-0.4, -0.2) is 99.3 Å². The summed E-state index contributed by atoms with van der Waals surface area (Å²) in [6.45, 7) is 7.89. The molecule has 0 amide bonds. The average Bonchev–Trinajstić information content (AvgIpc) is 3.16. The van der Waals surface area contributed by atoms with Crippen molar-refractivity contribution in [2.45, 2.75) is 88.9 Å². The Labute approximate surface area is 211 Å². The topological polar surface area (TPSA) is 166 Å². The van der Waals surface area contributed by atoms with Crippen LogP contribution in [0.1, 0.15) is 46.0 Å². The number of aliphatic hydroxyl groups excluding tert-OH is 6. The largest absolute Gasteiger partial charge is 0.459 e. The maximum atomic E-state index is 12.0. The van der Waals surface area contributed by atoms with Gasteiger partial charge in [-0.15, -0.1) is 0 Å². The van der Waals surface area contributed by atoms with Gasteiger partial charge in [0.05, 0.1) is 24.9 Å². The van der Waals surface area contributed by atoms with Gasteiger partial charge in [0.1, 0.15) is 37.1 Å². The zero-order valence-electron chi connectivity index (χ0n) is 21.0. The van der Waals surface area contributed by atoms with Crippen LogP contribution in [0.25, 0.3) is 0 Å². The van der Waals surface area contributed by atoms with Gasteiger partial charge in [0.15, 0.2) is 6.29 Å². The van der Waals surface area contributed by atoms with Gasteiger partial charge in [0.25, 0.3) is 0 Å². The molecule has 11 atom stereocenters. The molecular formula is C26H40O10. The highest BCUT2D eigenvalue weighted by molar-refractivity contribution is 5.91. The molecule has 0 aromatic rings. The number of ether oxygens (including phenoxy) is 3. The Morgan fingerprint density at radius 3 is 2.47 bits per heavy atom. The van der Waals surface area contributed by atoms with Crippen molar-refractivity contribution in [3.63, 3.8) is 0 Å². The number of aliphatic hydroxyl groups is 6. The molecular weight excluding hydrogens is 472 g/mol. The van der Waals surface area contributed by atoms with E-state index in [0.29, 0.717) is 12.8 Å². The standard InChI is InChI=1S/C26H40O10/c1-13-4-7-18-25(2,15(13)6-5-14-16(28)11-34-23(14)33)9-8-19(29)26(18,3)12-35-24-22(32)21(31)20(30)17(10-27)36-24/h5,15-22,24,27-32H,1,4,6-12H2,2-3H3/b14-5-/t15-,16+,17-,18+,19-,20-,21+,22-,24-,25+,26+/m1/s1. The average molecular weight is 513 g/mol. The van der Waals surface area contributed by atoms with Crippen LogP contribution >= 0.6 is 0 Å². The molecule has 10 nitrogen and oxygen atoms in total. The molecule has 2 aliphatic heterocycles. The summed E-state index contributed by atoms with van der Waals surface area (Å²) in [4.78, 5) is 12.0. The Kier molecular flexibility index (Phi) is 8.00. The summed E-state index contributed by atoms with van der Waals surface area (Å²) in [7, 11) is 0. The van der Waals surface area contributed by atoms with Crippen LogP contribution in [0, 0.1) is 22.7 Å². The van der Waals surface area contributed by atoms with E-state index in [-0.39, 0.29) is 36.0 Å². The second kappa shape index (κ2) is 10.4. The van der Waals surface area contributed by atoms with E-state index in [1.165, 1.54) is 0 Å². The summed E-state index contributed by atoms with van der Waals surface area (Å²) in [5.74, 6) is -0.473. The third-order valence-corrected chi connectivity index (χ3v) is 9.30. The van der Waals surface area contributed by atoms with Gasteiger partial charge in [0, 0.05) is 5.41 Å². The van der Waals surface area contributed by atoms with E-state index in [4.69, 9.17) is 14.2 Å². The lowest BCUT2D eigenvalue weighted by molar-refractivity contribution is -0.313. The van der Waals surface area contributed by atoms with Gasteiger partial charge in [-0.05, 0) is 49.4 Å². The maximum absolute atomic E-state index is 12.0. The van der Waals surface area contributed by atoms with Crippen molar-refractivity contribution >= 4 is 5.97 Å². The maximum Gasteiger partial charge on any atom is 0.336 e. The molecule has 36 heavy (non-hydrogen) atoms.